The molecule has 1 aromatic heterocycles. The Morgan fingerprint density at radius 2 is 2.00 bits per heavy atom. The van der Waals surface area contributed by atoms with Crippen molar-refractivity contribution in [3.8, 4) is 5.75 Å². The van der Waals surface area contributed by atoms with Crippen LogP contribution >= 0.6 is 11.6 Å². The van der Waals surface area contributed by atoms with Gasteiger partial charge in [-0.25, -0.2) is 4.99 Å². The maximum atomic E-state index is 12.7. The SMILES string of the molecule is COc1cccc(C(=O)NC(=NCc2ccccn2)Nc2ccc(C)cc2Cl)c1. The number of rotatable bonds is 5. The van der Waals surface area contributed by atoms with Gasteiger partial charge in [-0.05, 0) is 55.0 Å². The summed E-state index contributed by atoms with van der Waals surface area (Å²) >= 11 is 6.32. The zero-order valence-electron chi connectivity index (χ0n) is 16.1. The molecule has 29 heavy (non-hydrogen) atoms. The van der Waals surface area contributed by atoms with Crippen LogP contribution in [0.15, 0.2) is 71.9 Å². The van der Waals surface area contributed by atoms with Crippen molar-refractivity contribution < 1.29 is 9.53 Å². The van der Waals surface area contributed by atoms with E-state index in [9.17, 15) is 4.79 Å². The monoisotopic (exact) mass is 408 g/mol. The highest BCUT2D eigenvalue weighted by molar-refractivity contribution is 6.34. The molecule has 148 valence electrons. The van der Waals surface area contributed by atoms with Crippen LogP contribution < -0.4 is 15.4 Å². The number of carbonyl (C=O) groups is 1. The minimum absolute atomic E-state index is 0.272. The first-order valence-electron chi connectivity index (χ1n) is 8.98. The summed E-state index contributed by atoms with van der Waals surface area (Å²) in [6, 6.07) is 18.1. The number of hydrogen-bond acceptors (Lipinski definition) is 4. The number of nitrogens with zero attached hydrogens (tertiary/aromatic N) is 2. The second-order valence-electron chi connectivity index (χ2n) is 6.28. The number of nitrogens with one attached hydrogen (secondary N) is 2. The van der Waals surface area contributed by atoms with Crippen LogP contribution in [0.2, 0.25) is 5.02 Å². The van der Waals surface area contributed by atoms with E-state index < -0.39 is 0 Å². The number of aliphatic imine (C=N–C) groups is 1. The number of ether oxygens (including phenoxy) is 1. The molecular weight excluding hydrogens is 388 g/mol. The second-order valence-corrected chi connectivity index (χ2v) is 6.69. The summed E-state index contributed by atoms with van der Waals surface area (Å²) in [7, 11) is 1.55. The fourth-order valence-electron chi connectivity index (χ4n) is 2.56. The van der Waals surface area contributed by atoms with Crippen LogP contribution in [-0.4, -0.2) is 24.0 Å². The van der Waals surface area contributed by atoms with Crippen LogP contribution in [0.3, 0.4) is 0 Å². The Bertz CT molecular complexity index is 1020. The summed E-state index contributed by atoms with van der Waals surface area (Å²) in [5, 5.41) is 6.44. The van der Waals surface area contributed by atoms with Gasteiger partial charge in [0.05, 0.1) is 30.1 Å². The van der Waals surface area contributed by atoms with Crippen LogP contribution in [-0.2, 0) is 6.54 Å². The number of pyridine rings is 1. The number of aryl methyl sites for hydroxylation is 1. The summed E-state index contributed by atoms with van der Waals surface area (Å²) in [6.45, 7) is 2.25. The van der Waals surface area contributed by atoms with E-state index in [2.05, 4.69) is 20.6 Å². The third-order valence-corrected chi connectivity index (χ3v) is 4.38. The van der Waals surface area contributed by atoms with E-state index in [1.54, 1.807) is 37.6 Å². The molecule has 0 aliphatic carbocycles. The van der Waals surface area contributed by atoms with Crippen molar-refractivity contribution in [2.24, 2.45) is 4.99 Å². The molecule has 0 unspecified atom stereocenters. The number of anilines is 1. The van der Waals surface area contributed by atoms with Crippen molar-refractivity contribution in [3.63, 3.8) is 0 Å². The standard InChI is InChI=1S/C22H21ClN4O2/c1-15-9-10-20(19(23)12-15)26-22(25-14-17-7-3-4-11-24-17)27-21(28)16-6-5-8-18(13-16)29-2/h3-13H,14H2,1-2H3,(H2,25,26,27,28). The number of amides is 1. The van der Waals surface area contributed by atoms with Crippen molar-refractivity contribution >= 4 is 29.2 Å². The van der Waals surface area contributed by atoms with E-state index >= 15 is 0 Å². The van der Waals surface area contributed by atoms with Crippen molar-refractivity contribution in [1.82, 2.24) is 10.3 Å². The van der Waals surface area contributed by atoms with E-state index in [-0.39, 0.29) is 11.9 Å². The molecule has 2 N–H and O–H groups in total. The quantitative estimate of drug-likeness (QED) is 0.483. The van der Waals surface area contributed by atoms with E-state index in [0.29, 0.717) is 28.6 Å². The van der Waals surface area contributed by atoms with Gasteiger partial charge >= 0.3 is 0 Å². The Labute approximate surface area is 174 Å². The minimum Gasteiger partial charge on any atom is -0.497 e. The van der Waals surface area contributed by atoms with Gasteiger partial charge in [-0.3, -0.25) is 15.1 Å². The number of benzene rings is 2. The first-order valence-corrected chi connectivity index (χ1v) is 9.36. The maximum absolute atomic E-state index is 12.7. The van der Waals surface area contributed by atoms with Crippen LogP contribution in [0.25, 0.3) is 0 Å². The maximum Gasteiger partial charge on any atom is 0.258 e. The normalized spacial score (nSPS) is 11.1. The molecular formula is C22H21ClN4O2. The second kappa shape index (κ2) is 9.71. The zero-order valence-corrected chi connectivity index (χ0v) is 16.9. The van der Waals surface area contributed by atoms with Crippen LogP contribution in [0.1, 0.15) is 21.6 Å². The van der Waals surface area contributed by atoms with Crippen molar-refractivity contribution in [2.45, 2.75) is 13.5 Å². The number of aromatic nitrogens is 1. The molecule has 0 radical (unpaired) electrons. The highest BCUT2D eigenvalue weighted by atomic mass is 35.5. The Morgan fingerprint density at radius 3 is 2.72 bits per heavy atom. The molecule has 1 heterocycles. The average molecular weight is 409 g/mol. The van der Waals surface area contributed by atoms with Gasteiger partial charge in [0.1, 0.15) is 5.75 Å². The first kappa shape index (κ1) is 20.4. The lowest BCUT2D eigenvalue weighted by atomic mass is 10.2. The molecule has 0 bridgehead atoms. The fraction of sp³-hybridized carbons (Fsp3) is 0.136. The first-order chi connectivity index (χ1) is 14.0. The van der Waals surface area contributed by atoms with Gasteiger partial charge in [-0.2, -0.15) is 0 Å². The van der Waals surface area contributed by atoms with E-state index in [0.717, 1.165) is 11.3 Å². The van der Waals surface area contributed by atoms with Crippen molar-refractivity contribution in [1.29, 1.82) is 0 Å². The molecule has 0 saturated heterocycles. The lowest BCUT2D eigenvalue weighted by Gasteiger charge is -2.13. The summed E-state index contributed by atoms with van der Waals surface area (Å²) < 4.78 is 5.19. The molecule has 1 amide bonds. The molecule has 7 heteroatoms. The molecule has 0 fully saturated rings. The average Bonchev–Trinajstić information content (AvgIpc) is 2.74. The van der Waals surface area contributed by atoms with Gasteiger partial charge in [0.15, 0.2) is 0 Å². The van der Waals surface area contributed by atoms with Gasteiger partial charge in [-0.1, -0.05) is 29.8 Å². The van der Waals surface area contributed by atoms with Crippen LogP contribution in [0.4, 0.5) is 5.69 Å². The molecule has 6 nitrogen and oxygen atoms in total. The number of guanidine groups is 1. The largest absolute Gasteiger partial charge is 0.497 e. The summed E-state index contributed by atoms with van der Waals surface area (Å²) in [6.07, 6.45) is 1.70. The van der Waals surface area contributed by atoms with E-state index in [1.165, 1.54) is 0 Å². The minimum atomic E-state index is -0.320. The number of hydrogen-bond donors (Lipinski definition) is 2. The van der Waals surface area contributed by atoms with Gasteiger partial charge in [0, 0.05) is 11.8 Å². The van der Waals surface area contributed by atoms with Gasteiger partial charge < -0.3 is 10.1 Å². The topological polar surface area (TPSA) is 75.6 Å². The Hall–Kier alpha value is -3.38. The van der Waals surface area contributed by atoms with Crippen LogP contribution in [0.5, 0.6) is 5.75 Å². The van der Waals surface area contributed by atoms with Crippen LogP contribution in [0, 0.1) is 6.92 Å². The molecule has 0 aliphatic heterocycles. The third kappa shape index (κ3) is 5.80. The summed E-state index contributed by atoms with van der Waals surface area (Å²) in [5.41, 5.74) is 2.90. The summed E-state index contributed by atoms with van der Waals surface area (Å²) in [5.74, 6) is 0.549. The summed E-state index contributed by atoms with van der Waals surface area (Å²) in [4.78, 5) is 21.5. The fourth-order valence-corrected chi connectivity index (χ4v) is 2.84. The molecule has 0 aliphatic rings. The van der Waals surface area contributed by atoms with E-state index in [1.807, 2.05) is 43.3 Å². The predicted molar refractivity (Wildman–Crippen MR) is 116 cm³/mol. The Kier molecular flexibility index (Phi) is 6.81. The molecule has 0 spiro atoms. The highest BCUT2D eigenvalue weighted by Crippen LogP contribution is 2.22. The Balaban J connectivity index is 1.83. The number of halogens is 1. The highest BCUT2D eigenvalue weighted by Gasteiger charge is 2.12. The molecule has 3 aromatic rings. The molecule has 0 saturated carbocycles. The van der Waals surface area contributed by atoms with Crippen molar-refractivity contribution in [2.75, 3.05) is 12.4 Å². The lowest BCUT2D eigenvalue weighted by Crippen LogP contribution is -2.36. The Morgan fingerprint density at radius 1 is 1.14 bits per heavy atom. The van der Waals surface area contributed by atoms with Gasteiger partial charge in [0.2, 0.25) is 5.96 Å². The third-order valence-electron chi connectivity index (χ3n) is 4.07. The van der Waals surface area contributed by atoms with E-state index in [4.69, 9.17) is 16.3 Å². The smallest absolute Gasteiger partial charge is 0.258 e. The van der Waals surface area contributed by atoms with Gasteiger partial charge in [0.25, 0.3) is 5.91 Å². The van der Waals surface area contributed by atoms with Crippen molar-refractivity contribution in [3.05, 3.63) is 88.7 Å². The molecule has 2 aromatic carbocycles. The number of carbonyl (C=O) groups excluding carboxylic acids is 1. The van der Waals surface area contributed by atoms with Gasteiger partial charge in [-0.15, -0.1) is 0 Å². The molecule has 0 atom stereocenters. The lowest BCUT2D eigenvalue weighted by molar-refractivity contribution is 0.0976. The zero-order chi connectivity index (χ0) is 20.6. The predicted octanol–water partition coefficient (Wildman–Crippen LogP) is 4.45. The molecule has 3 rings (SSSR count). The number of methoxy groups -OCH3 is 1.